The molecular weight excluding hydrogens is 398 g/mol. The molecule has 0 bridgehead atoms. The van der Waals surface area contributed by atoms with Crippen LogP contribution in [0.2, 0.25) is 0 Å². The van der Waals surface area contributed by atoms with E-state index in [4.69, 9.17) is 9.15 Å². The monoisotopic (exact) mass is 418 g/mol. The van der Waals surface area contributed by atoms with Crippen molar-refractivity contribution in [3.05, 3.63) is 71.4 Å². The normalized spacial score (nSPS) is 10.8. The third-order valence-electron chi connectivity index (χ3n) is 4.40. The number of carbonyl (C=O) groups is 2. The summed E-state index contributed by atoms with van der Waals surface area (Å²) in [7, 11) is 0. The predicted molar refractivity (Wildman–Crippen MR) is 104 cm³/mol. The lowest BCUT2D eigenvalue weighted by Crippen LogP contribution is -2.21. The van der Waals surface area contributed by atoms with Gasteiger partial charge in [0.2, 0.25) is 0 Å². The summed E-state index contributed by atoms with van der Waals surface area (Å²) in [5.74, 6) is -0.798. The molecule has 158 valence electrons. The Bertz CT molecular complexity index is 1030. The molecule has 0 aliphatic heterocycles. The molecule has 0 aliphatic rings. The number of esters is 1. The van der Waals surface area contributed by atoms with Gasteiger partial charge in [-0.15, -0.1) is 0 Å². The molecule has 1 N–H and O–H groups in total. The Balaban J connectivity index is 1.61. The van der Waals surface area contributed by atoms with Gasteiger partial charge < -0.3 is 23.8 Å². The van der Waals surface area contributed by atoms with Crippen LogP contribution in [0.5, 0.6) is 5.75 Å². The highest BCUT2D eigenvalue weighted by atomic mass is 19.3. The minimum absolute atomic E-state index is 0.0514. The van der Waals surface area contributed by atoms with Gasteiger partial charge in [-0.1, -0.05) is 12.1 Å². The topological polar surface area (TPSA) is 82.7 Å². The zero-order valence-electron chi connectivity index (χ0n) is 16.4. The Morgan fingerprint density at radius 2 is 1.93 bits per heavy atom. The van der Waals surface area contributed by atoms with Crippen molar-refractivity contribution in [2.75, 3.05) is 11.9 Å². The van der Waals surface area contributed by atoms with Crippen molar-refractivity contribution < 1.29 is 32.3 Å². The first-order chi connectivity index (χ1) is 14.3. The van der Waals surface area contributed by atoms with Crippen LogP contribution >= 0.6 is 0 Å². The summed E-state index contributed by atoms with van der Waals surface area (Å²) in [6, 6.07) is 11.0. The molecule has 0 unspecified atom stereocenters. The first kappa shape index (κ1) is 21.1. The van der Waals surface area contributed by atoms with Crippen LogP contribution in [0.3, 0.4) is 0 Å². The van der Waals surface area contributed by atoms with Crippen LogP contribution in [-0.4, -0.2) is 29.7 Å². The van der Waals surface area contributed by atoms with Crippen LogP contribution in [0, 0.1) is 13.8 Å². The molecule has 1 amide bonds. The number of nitrogens with zero attached hydrogens (tertiary/aromatic N) is 1. The molecule has 30 heavy (non-hydrogen) atoms. The Morgan fingerprint density at radius 3 is 2.63 bits per heavy atom. The number of aromatic nitrogens is 1. The number of halogens is 2. The lowest BCUT2D eigenvalue weighted by molar-refractivity contribution is -0.119. The van der Waals surface area contributed by atoms with Crippen molar-refractivity contribution >= 4 is 17.6 Å². The Hall–Kier alpha value is -3.62. The van der Waals surface area contributed by atoms with E-state index in [2.05, 4.69) is 10.1 Å². The number of amides is 1. The molecule has 0 spiro atoms. The molecule has 0 saturated carbocycles. The van der Waals surface area contributed by atoms with E-state index in [1.165, 1.54) is 18.2 Å². The molecule has 3 rings (SSSR count). The van der Waals surface area contributed by atoms with Gasteiger partial charge >= 0.3 is 12.6 Å². The van der Waals surface area contributed by atoms with E-state index >= 15 is 0 Å². The fraction of sp³-hybridized carbons (Fsp3) is 0.238. The smallest absolute Gasteiger partial charge is 0.387 e. The number of benzene rings is 1. The summed E-state index contributed by atoms with van der Waals surface area (Å²) in [4.78, 5) is 24.5. The average molecular weight is 418 g/mol. The summed E-state index contributed by atoms with van der Waals surface area (Å²) in [6.45, 7) is 0.463. The molecule has 0 fully saturated rings. The number of ether oxygens (including phenoxy) is 2. The van der Waals surface area contributed by atoms with Crippen molar-refractivity contribution in [3.63, 3.8) is 0 Å². The summed E-state index contributed by atoms with van der Waals surface area (Å²) < 4.78 is 41.6. The Kier molecular flexibility index (Phi) is 6.51. The molecule has 1 aromatic carbocycles. The first-order valence-electron chi connectivity index (χ1n) is 9.05. The van der Waals surface area contributed by atoms with E-state index in [1.807, 2.05) is 17.6 Å². The highest BCUT2D eigenvalue weighted by molar-refractivity contribution is 5.96. The molecule has 2 heterocycles. The number of alkyl halides is 2. The van der Waals surface area contributed by atoms with Crippen LogP contribution in [0.25, 0.3) is 0 Å². The highest BCUT2D eigenvalue weighted by Crippen LogP contribution is 2.25. The van der Waals surface area contributed by atoms with Gasteiger partial charge in [0.15, 0.2) is 6.61 Å². The molecular formula is C21H20F2N2O5. The average Bonchev–Trinajstić information content (AvgIpc) is 3.31. The maximum Gasteiger partial charge on any atom is 0.387 e. The highest BCUT2D eigenvalue weighted by Gasteiger charge is 2.19. The number of hydrogen-bond donors (Lipinski definition) is 1. The van der Waals surface area contributed by atoms with Gasteiger partial charge in [0.05, 0.1) is 24.1 Å². The second kappa shape index (κ2) is 9.25. The number of rotatable bonds is 8. The number of furan rings is 1. The molecule has 9 heteroatoms. The number of carbonyl (C=O) groups excluding carboxylic acids is 2. The van der Waals surface area contributed by atoms with E-state index < -0.39 is 25.1 Å². The van der Waals surface area contributed by atoms with Gasteiger partial charge in [-0.3, -0.25) is 4.79 Å². The van der Waals surface area contributed by atoms with E-state index in [9.17, 15) is 18.4 Å². The molecule has 0 saturated heterocycles. The number of aryl methyl sites for hydroxylation is 1. The standard InChI is InChI=1S/C21H20F2N2O5/c1-13-10-16(14(2)25(13)11-15-6-5-9-28-15)20(27)29-12-19(26)24-17-7-3-4-8-18(17)30-21(22)23/h3-10,21H,11-12H2,1-2H3,(H,24,26). The van der Waals surface area contributed by atoms with E-state index in [1.54, 1.807) is 31.4 Å². The zero-order valence-corrected chi connectivity index (χ0v) is 16.4. The van der Waals surface area contributed by atoms with Crippen LogP contribution < -0.4 is 10.1 Å². The fourth-order valence-corrected chi connectivity index (χ4v) is 2.97. The number of para-hydroxylation sites is 2. The van der Waals surface area contributed by atoms with E-state index in [0.29, 0.717) is 17.8 Å². The molecule has 7 nitrogen and oxygen atoms in total. The molecule has 0 aliphatic carbocycles. The fourth-order valence-electron chi connectivity index (χ4n) is 2.97. The number of hydrogen-bond acceptors (Lipinski definition) is 5. The number of anilines is 1. The SMILES string of the molecule is Cc1cc(C(=O)OCC(=O)Nc2ccccc2OC(F)F)c(C)n1Cc1ccco1. The summed E-state index contributed by atoms with van der Waals surface area (Å²) >= 11 is 0. The van der Waals surface area contributed by atoms with Gasteiger partial charge in [0.1, 0.15) is 11.5 Å². The Morgan fingerprint density at radius 1 is 1.17 bits per heavy atom. The molecule has 0 radical (unpaired) electrons. The van der Waals surface area contributed by atoms with Gasteiger partial charge in [0, 0.05) is 11.4 Å². The van der Waals surface area contributed by atoms with E-state index in [-0.39, 0.29) is 11.4 Å². The van der Waals surface area contributed by atoms with Gasteiger partial charge in [-0.05, 0) is 44.2 Å². The molecule has 0 atom stereocenters. The zero-order chi connectivity index (χ0) is 21.7. The maximum atomic E-state index is 12.5. The summed E-state index contributed by atoms with van der Waals surface area (Å²) in [5.41, 5.74) is 1.88. The minimum Gasteiger partial charge on any atom is -0.467 e. The van der Waals surface area contributed by atoms with Gasteiger partial charge in [-0.2, -0.15) is 8.78 Å². The van der Waals surface area contributed by atoms with E-state index in [0.717, 1.165) is 11.5 Å². The van der Waals surface area contributed by atoms with Crippen molar-refractivity contribution in [1.29, 1.82) is 0 Å². The third-order valence-corrected chi connectivity index (χ3v) is 4.40. The minimum atomic E-state index is -3.03. The Labute approximate surface area is 171 Å². The van der Waals surface area contributed by atoms with Crippen LogP contribution in [-0.2, 0) is 16.1 Å². The van der Waals surface area contributed by atoms with Crippen LogP contribution in [0.4, 0.5) is 14.5 Å². The summed E-state index contributed by atoms with van der Waals surface area (Å²) in [5, 5.41) is 2.39. The van der Waals surface area contributed by atoms with Crippen molar-refractivity contribution in [3.8, 4) is 5.75 Å². The van der Waals surface area contributed by atoms with Crippen molar-refractivity contribution in [2.24, 2.45) is 0 Å². The second-order valence-corrected chi connectivity index (χ2v) is 6.45. The quantitative estimate of drug-likeness (QED) is 0.556. The second-order valence-electron chi connectivity index (χ2n) is 6.45. The largest absolute Gasteiger partial charge is 0.467 e. The van der Waals surface area contributed by atoms with Crippen LogP contribution in [0.1, 0.15) is 27.5 Å². The predicted octanol–water partition coefficient (Wildman–Crippen LogP) is 4.14. The number of nitrogens with one attached hydrogen (secondary N) is 1. The lowest BCUT2D eigenvalue weighted by atomic mass is 10.2. The molecule has 2 aromatic heterocycles. The van der Waals surface area contributed by atoms with Gasteiger partial charge in [0.25, 0.3) is 5.91 Å². The van der Waals surface area contributed by atoms with Gasteiger partial charge in [-0.25, -0.2) is 4.79 Å². The van der Waals surface area contributed by atoms with Crippen molar-refractivity contribution in [2.45, 2.75) is 27.0 Å². The maximum absolute atomic E-state index is 12.5. The first-order valence-corrected chi connectivity index (χ1v) is 9.05. The third kappa shape index (κ3) is 5.05. The van der Waals surface area contributed by atoms with Crippen molar-refractivity contribution in [1.82, 2.24) is 4.57 Å². The lowest BCUT2D eigenvalue weighted by Gasteiger charge is -2.12. The summed E-state index contributed by atoms with van der Waals surface area (Å²) in [6.07, 6.45) is 1.57. The van der Waals surface area contributed by atoms with Crippen LogP contribution in [0.15, 0.2) is 53.1 Å². The molecule has 3 aromatic rings.